The Morgan fingerprint density at radius 3 is 2.70 bits per heavy atom. The lowest BCUT2D eigenvalue weighted by Crippen LogP contribution is -2.48. The zero-order chi connectivity index (χ0) is 27.4. The summed E-state index contributed by atoms with van der Waals surface area (Å²) in [5.74, 6) is 1.33. The quantitative estimate of drug-likeness (QED) is 0.247. The summed E-state index contributed by atoms with van der Waals surface area (Å²) in [6.45, 7) is 8.63. The van der Waals surface area contributed by atoms with Gasteiger partial charge in [-0.3, -0.25) is 4.90 Å². The molecular formula is C31H34ClFN3O3S+. The van der Waals surface area contributed by atoms with Gasteiger partial charge in [0.25, 0.3) is 11.6 Å². The molecule has 2 aromatic carbocycles. The van der Waals surface area contributed by atoms with Crippen LogP contribution in [0.5, 0.6) is 11.5 Å². The Kier molecular flexibility index (Phi) is 6.77. The molecule has 1 N–H and O–H groups in total. The number of likely N-dealkylation sites (tertiary alicyclic amines) is 1. The molecule has 40 heavy (non-hydrogen) atoms. The number of hydrogen-bond acceptors (Lipinski definition) is 5. The van der Waals surface area contributed by atoms with Crippen molar-refractivity contribution < 1.29 is 23.2 Å². The molecule has 7 rings (SSSR count). The predicted octanol–water partition coefficient (Wildman–Crippen LogP) is 6.68. The number of ether oxygens (including phenoxy) is 3. The van der Waals surface area contributed by atoms with Gasteiger partial charge in [0.2, 0.25) is 4.83 Å². The van der Waals surface area contributed by atoms with E-state index in [0.29, 0.717) is 28.4 Å². The molecule has 0 saturated carbocycles. The van der Waals surface area contributed by atoms with Gasteiger partial charge in [-0.2, -0.15) is 0 Å². The van der Waals surface area contributed by atoms with Crippen LogP contribution >= 0.6 is 22.9 Å². The van der Waals surface area contributed by atoms with Gasteiger partial charge in [0.1, 0.15) is 18.9 Å². The van der Waals surface area contributed by atoms with Crippen LogP contribution in [0.2, 0.25) is 5.02 Å². The molecule has 4 aromatic rings. The second kappa shape index (κ2) is 10.3. The molecule has 2 aromatic heterocycles. The summed E-state index contributed by atoms with van der Waals surface area (Å²) in [6.07, 6.45) is 4.54. The molecule has 0 aliphatic carbocycles. The number of imidazole rings is 1. The first-order valence-electron chi connectivity index (χ1n) is 14.2. The van der Waals surface area contributed by atoms with Gasteiger partial charge in [0, 0.05) is 41.5 Å². The Bertz CT molecular complexity index is 1560. The molecule has 9 heteroatoms. The fourth-order valence-electron chi connectivity index (χ4n) is 6.26. The monoisotopic (exact) mass is 582 g/mol. The Balaban J connectivity index is 1.06. The minimum absolute atomic E-state index is 0.313. The zero-order valence-corrected chi connectivity index (χ0v) is 24.4. The minimum atomic E-state index is -1.23. The molecule has 2 atom stereocenters. The zero-order valence-electron chi connectivity index (χ0n) is 22.8. The molecule has 0 spiro atoms. The van der Waals surface area contributed by atoms with Crippen LogP contribution in [-0.2, 0) is 30.0 Å². The van der Waals surface area contributed by atoms with Crippen LogP contribution in [0, 0.1) is 5.82 Å². The van der Waals surface area contributed by atoms with Gasteiger partial charge in [-0.05, 0) is 62.5 Å². The largest absolute Gasteiger partial charge is 0.444 e. The summed E-state index contributed by atoms with van der Waals surface area (Å²) in [7, 11) is 0. The van der Waals surface area contributed by atoms with Gasteiger partial charge in [-0.15, -0.1) is 0 Å². The summed E-state index contributed by atoms with van der Waals surface area (Å²) in [6, 6.07) is 13.0. The van der Waals surface area contributed by atoms with E-state index in [-0.39, 0.29) is 0 Å². The van der Waals surface area contributed by atoms with E-state index in [2.05, 4.69) is 33.5 Å². The van der Waals surface area contributed by atoms with Crippen LogP contribution in [0.15, 0.2) is 42.5 Å². The smallest absolute Gasteiger partial charge is 0.278 e. The lowest BCUT2D eigenvalue weighted by molar-refractivity contribution is -0.690. The van der Waals surface area contributed by atoms with E-state index in [9.17, 15) is 4.39 Å². The summed E-state index contributed by atoms with van der Waals surface area (Å²) >= 11 is 7.84. The van der Waals surface area contributed by atoms with Crippen molar-refractivity contribution >= 4 is 33.3 Å². The van der Waals surface area contributed by atoms with Crippen LogP contribution in [0.4, 0.5) is 4.39 Å². The van der Waals surface area contributed by atoms with Crippen LogP contribution in [-0.4, -0.2) is 35.7 Å². The van der Waals surface area contributed by atoms with E-state index in [1.807, 2.05) is 23.5 Å². The fraction of sp³-hybridized carbons (Fsp3) is 0.452. The molecule has 0 bridgehead atoms. The van der Waals surface area contributed by atoms with Crippen molar-refractivity contribution in [3.05, 3.63) is 75.1 Å². The van der Waals surface area contributed by atoms with Gasteiger partial charge in [-0.1, -0.05) is 42.0 Å². The summed E-state index contributed by atoms with van der Waals surface area (Å²) in [5, 5.41) is 0.347. The number of fused-ring (bicyclic) bond motifs is 2. The number of aromatic nitrogens is 2. The molecular weight excluding hydrogens is 549 g/mol. The van der Waals surface area contributed by atoms with Crippen molar-refractivity contribution in [3.8, 4) is 11.5 Å². The molecule has 2 saturated heterocycles. The highest BCUT2D eigenvalue weighted by molar-refractivity contribution is 7.18. The number of rotatable bonds is 7. The van der Waals surface area contributed by atoms with E-state index in [0.717, 1.165) is 69.8 Å². The number of para-hydroxylation sites is 1. The third kappa shape index (κ3) is 4.69. The first-order chi connectivity index (χ1) is 19.4. The summed E-state index contributed by atoms with van der Waals surface area (Å²) < 4.78 is 35.6. The van der Waals surface area contributed by atoms with Crippen LogP contribution < -0.4 is 14.0 Å². The number of hydrogen-bond donors (Lipinski definition) is 1. The van der Waals surface area contributed by atoms with Crippen molar-refractivity contribution in [2.75, 3.05) is 19.7 Å². The normalized spacial score (nSPS) is 23.1. The number of benzene rings is 2. The maximum atomic E-state index is 14.8. The standard InChI is InChI=1S/C31H33ClFN3O3S/c1-3-22-16-26-30(40-22)34-28(36(26)17-21-11-14-37-21)18-35-12-9-19(10-13-35)23-5-4-6-27-29(23)39-31(2,38-27)24-8-7-20(32)15-25(24)33/h4-8,15-16,19,21H,3,9-14,17-18H2,1-2H3/p+1/t21-,31-/m0/s1. The first kappa shape index (κ1) is 26.3. The van der Waals surface area contributed by atoms with Crippen LogP contribution in [0.1, 0.15) is 60.9 Å². The third-order valence-electron chi connectivity index (χ3n) is 8.60. The Hall–Kier alpha value is -2.65. The number of nitrogens with zero attached hydrogens (tertiary/aromatic N) is 2. The minimum Gasteiger partial charge on any atom is -0.444 e. The Morgan fingerprint density at radius 2 is 1.98 bits per heavy atom. The van der Waals surface area contributed by atoms with Gasteiger partial charge in [0.15, 0.2) is 17.0 Å². The average molecular weight is 583 g/mol. The number of aryl methyl sites for hydroxylation is 1. The van der Waals surface area contributed by atoms with Gasteiger partial charge < -0.3 is 14.2 Å². The average Bonchev–Trinajstić information content (AvgIpc) is 3.57. The molecule has 0 radical (unpaired) electrons. The van der Waals surface area contributed by atoms with Gasteiger partial charge >= 0.3 is 0 Å². The molecule has 0 amide bonds. The molecule has 6 nitrogen and oxygen atoms in total. The van der Waals surface area contributed by atoms with Crippen molar-refractivity contribution in [1.82, 2.24) is 9.88 Å². The third-order valence-corrected chi connectivity index (χ3v) is 10.0. The highest BCUT2D eigenvalue weighted by atomic mass is 35.5. The SMILES string of the molecule is CCc1cc2c([nH]c(CN3CCC(c4cccc5c4O[C@@](C)(c4ccc(Cl)cc4F)O5)CC3)[n+]2C[C@@H]2CCO2)s1. The van der Waals surface area contributed by atoms with E-state index >= 15 is 0 Å². The highest BCUT2D eigenvalue weighted by Gasteiger charge is 2.43. The molecule has 2 fully saturated rings. The molecule has 3 aliphatic rings. The van der Waals surface area contributed by atoms with Crippen LogP contribution in [0.3, 0.4) is 0 Å². The lowest BCUT2D eigenvalue weighted by atomic mass is 9.88. The molecule has 210 valence electrons. The maximum Gasteiger partial charge on any atom is 0.278 e. The number of nitrogens with one attached hydrogen (secondary N) is 1. The predicted molar refractivity (Wildman–Crippen MR) is 154 cm³/mol. The summed E-state index contributed by atoms with van der Waals surface area (Å²) in [4.78, 5) is 8.95. The number of H-pyrrole nitrogens is 1. The number of halogens is 2. The summed E-state index contributed by atoms with van der Waals surface area (Å²) in [5.41, 5.74) is 2.78. The van der Waals surface area contributed by atoms with E-state index in [4.69, 9.17) is 25.8 Å². The van der Waals surface area contributed by atoms with Crippen molar-refractivity contribution in [3.63, 3.8) is 0 Å². The topological polar surface area (TPSA) is 50.6 Å². The van der Waals surface area contributed by atoms with E-state index in [1.165, 1.54) is 27.1 Å². The number of thiophene rings is 1. The highest BCUT2D eigenvalue weighted by Crippen LogP contribution is 2.49. The number of piperidine rings is 1. The molecule has 5 heterocycles. The van der Waals surface area contributed by atoms with E-state index in [1.54, 1.807) is 19.1 Å². The number of aromatic amines is 1. The van der Waals surface area contributed by atoms with Crippen molar-refractivity contribution in [2.45, 2.75) is 70.4 Å². The lowest BCUT2D eigenvalue weighted by Gasteiger charge is -2.32. The molecule has 3 aliphatic heterocycles. The first-order valence-corrected chi connectivity index (χ1v) is 15.4. The second-order valence-electron chi connectivity index (χ2n) is 11.2. The van der Waals surface area contributed by atoms with Gasteiger partial charge in [-0.25, -0.2) is 13.9 Å². The Morgan fingerprint density at radius 1 is 1.15 bits per heavy atom. The fourth-order valence-corrected chi connectivity index (χ4v) is 7.43. The second-order valence-corrected chi connectivity index (χ2v) is 12.8. The van der Waals surface area contributed by atoms with Crippen molar-refractivity contribution in [2.24, 2.45) is 0 Å². The van der Waals surface area contributed by atoms with Crippen molar-refractivity contribution in [1.29, 1.82) is 0 Å². The Labute approximate surface area is 242 Å². The van der Waals surface area contributed by atoms with Crippen LogP contribution in [0.25, 0.3) is 10.3 Å². The van der Waals surface area contributed by atoms with E-state index < -0.39 is 11.6 Å². The maximum absolute atomic E-state index is 14.8. The molecule has 0 unspecified atom stereocenters. The van der Waals surface area contributed by atoms with Gasteiger partial charge in [0.05, 0.1) is 11.7 Å².